The van der Waals surface area contributed by atoms with Gasteiger partial charge in [-0.15, -0.1) is 0 Å². The molecular formula is C25H28N6O6. The Morgan fingerprint density at radius 2 is 1.70 bits per heavy atom. The van der Waals surface area contributed by atoms with Crippen molar-refractivity contribution in [3.8, 4) is 0 Å². The topological polar surface area (TPSA) is 172 Å². The molecule has 3 aromatic rings. The van der Waals surface area contributed by atoms with E-state index in [2.05, 4.69) is 10.5 Å². The van der Waals surface area contributed by atoms with Gasteiger partial charge in [-0.3, -0.25) is 23.5 Å². The molecule has 0 atom stereocenters. The van der Waals surface area contributed by atoms with Crippen LogP contribution in [0.1, 0.15) is 34.3 Å². The third kappa shape index (κ3) is 5.32. The Hall–Kier alpha value is -4.61. The van der Waals surface area contributed by atoms with Crippen LogP contribution in [0.5, 0.6) is 0 Å². The molecule has 5 N–H and O–H groups in total. The highest BCUT2D eigenvalue weighted by molar-refractivity contribution is 6.00. The number of oxime groups is 1. The number of carboxylic acids is 1. The highest BCUT2D eigenvalue weighted by Crippen LogP contribution is 2.18. The van der Waals surface area contributed by atoms with Crippen LogP contribution < -0.4 is 16.7 Å². The second-order valence-corrected chi connectivity index (χ2v) is 8.99. The lowest BCUT2D eigenvalue weighted by molar-refractivity contribution is -0.145. The van der Waals surface area contributed by atoms with Gasteiger partial charge in [-0.1, -0.05) is 17.3 Å². The van der Waals surface area contributed by atoms with Gasteiger partial charge in [-0.05, 0) is 48.7 Å². The number of rotatable bonds is 7. The number of benzene rings is 2. The highest BCUT2D eigenvalue weighted by atomic mass is 16.4. The van der Waals surface area contributed by atoms with E-state index in [0.717, 1.165) is 5.56 Å². The number of amides is 2. The number of hydrogen-bond acceptors (Lipinski definition) is 6. The van der Waals surface area contributed by atoms with Crippen LogP contribution in [0.4, 0.5) is 0 Å². The SMILES string of the molecule is Cn1c(=O)n(Cc2ccc(C(=O)NCC(=O)N3CCC(C(=O)O)CC3)cc2)c2ccc(/C(N)=N/O)cc21. The molecule has 1 aromatic heterocycles. The Balaban J connectivity index is 1.39. The molecule has 12 nitrogen and oxygen atoms in total. The predicted molar refractivity (Wildman–Crippen MR) is 135 cm³/mol. The van der Waals surface area contributed by atoms with Crippen molar-refractivity contribution in [1.82, 2.24) is 19.4 Å². The van der Waals surface area contributed by atoms with Crippen LogP contribution in [-0.2, 0) is 23.2 Å². The van der Waals surface area contributed by atoms with Crippen molar-refractivity contribution in [2.45, 2.75) is 19.4 Å². The van der Waals surface area contributed by atoms with E-state index in [0.29, 0.717) is 48.1 Å². The summed E-state index contributed by atoms with van der Waals surface area (Å²) in [6.45, 7) is 0.818. The summed E-state index contributed by atoms with van der Waals surface area (Å²) in [7, 11) is 1.64. The standard InChI is InChI=1S/C25H28N6O6/c1-29-20-12-18(22(26)28-37)6-7-19(20)31(25(29)36)14-15-2-4-16(5-3-15)23(33)27-13-21(32)30-10-8-17(9-11-30)24(34)35/h2-7,12,17,37H,8-11,13-14H2,1H3,(H2,26,28)(H,27,33)(H,34,35). The number of aryl methyl sites for hydroxylation is 1. The first kappa shape index (κ1) is 25.5. The van der Waals surface area contributed by atoms with Gasteiger partial charge in [0.1, 0.15) is 0 Å². The molecule has 1 saturated heterocycles. The third-order valence-corrected chi connectivity index (χ3v) is 6.70. The Labute approximate surface area is 211 Å². The number of piperidine rings is 1. The second-order valence-electron chi connectivity index (χ2n) is 8.99. The first-order valence-corrected chi connectivity index (χ1v) is 11.7. The first-order valence-electron chi connectivity index (χ1n) is 11.7. The molecule has 0 bridgehead atoms. The van der Waals surface area contributed by atoms with Gasteiger partial charge < -0.3 is 26.3 Å². The molecule has 1 fully saturated rings. The molecule has 194 valence electrons. The fourth-order valence-corrected chi connectivity index (χ4v) is 4.47. The van der Waals surface area contributed by atoms with E-state index in [1.54, 1.807) is 59.0 Å². The van der Waals surface area contributed by atoms with Crippen molar-refractivity contribution in [3.63, 3.8) is 0 Å². The highest BCUT2D eigenvalue weighted by Gasteiger charge is 2.27. The molecule has 2 amide bonds. The maximum atomic E-state index is 12.8. The van der Waals surface area contributed by atoms with Gasteiger partial charge in [0.15, 0.2) is 5.84 Å². The average molecular weight is 509 g/mol. The summed E-state index contributed by atoms with van der Waals surface area (Å²) >= 11 is 0. The molecule has 2 aromatic carbocycles. The minimum atomic E-state index is -0.846. The summed E-state index contributed by atoms with van der Waals surface area (Å²) in [6, 6.07) is 11.8. The summed E-state index contributed by atoms with van der Waals surface area (Å²) in [5.74, 6) is -1.99. The number of nitrogens with two attached hydrogens (primary N) is 1. The van der Waals surface area contributed by atoms with Crippen molar-refractivity contribution < 1.29 is 24.7 Å². The lowest BCUT2D eigenvalue weighted by atomic mass is 9.97. The lowest BCUT2D eigenvalue weighted by Gasteiger charge is -2.30. The zero-order valence-electron chi connectivity index (χ0n) is 20.3. The minimum Gasteiger partial charge on any atom is -0.481 e. The Kier molecular flexibility index (Phi) is 7.27. The normalized spacial score (nSPS) is 14.6. The van der Waals surface area contributed by atoms with Crippen LogP contribution >= 0.6 is 0 Å². The number of carboxylic acid groups (broad SMARTS) is 1. The van der Waals surface area contributed by atoms with Crippen LogP contribution in [-0.4, -0.2) is 67.6 Å². The number of imidazole rings is 1. The summed E-state index contributed by atoms with van der Waals surface area (Å²) < 4.78 is 3.07. The first-order chi connectivity index (χ1) is 17.7. The van der Waals surface area contributed by atoms with Gasteiger partial charge in [0.05, 0.1) is 30.0 Å². The molecule has 2 heterocycles. The fourth-order valence-electron chi connectivity index (χ4n) is 4.47. The van der Waals surface area contributed by atoms with E-state index in [1.807, 2.05) is 0 Å². The number of aliphatic carboxylic acids is 1. The number of nitrogens with zero attached hydrogens (tertiary/aromatic N) is 4. The van der Waals surface area contributed by atoms with E-state index >= 15 is 0 Å². The van der Waals surface area contributed by atoms with Gasteiger partial charge in [-0.25, -0.2) is 4.79 Å². The summed E-state index contributed by atoms with van der Waals surface area (Å²) in [5, 5.41) is 23.6. The van der Waals surface area contributed by atoms with E-state index in [-0.39, 0.29) is 30.5 Å². The molecule has 0 spiro atoms. The van der Waals surface area contributed by atoms with Crippen LogP contribution in [0.2, 0.25) is 0 Å². The monoisotopic (exact) mass is 508 g/mol. The largest absolute Gasteiger partial charge is 0.481 e. The lowest BCUT2D eigenvalue weighted by Crippen LogP contribution is -2.45. The van der Waals surface area contributed by atoms with Crippen molar-refractivity contribution in [1.29, 1.82) is 0 Å². The maximum absolute atomic E-state index is 12.8. The molecule has 0 radical (unpaired) electrons. The number of nitrogens with one attached hydrogen (secondary N) is 1. The smallest absolute Gasteiger partial charge is 0.329 e. The van der Waals surface area contributed by atoms with Crippen LogP contribution in [0.3, 0.4) is 0 Å². The molecule has 0 saturated carbocycles. The number of amidine groups is 1. The van der Waals surface area contributed by atoms with Gasteiger partial charge in [0.2, 0.25) is 5.91 Å². The Morgan fingerprint density at radius 3 is 2.32 bits per heavy atom. The number of likely N-dealkylation sites (tertiary alicyclic amines) is 1. The number of hydrogen-bond donors (Lipinski definition) is 4. The van der Waals surface area contributed by atoms with Crippen molar-refractivity contribution >= 4 is 34.7 Å². The van der Waals surface area contributed by atoms with Gasteiger partial charge in [0, 0.05) is 31.3 Å². The number of carbonyl (C=O) groups excluding carboxylic acids is 2. The molecule has 37 heavy (non-hydrogen) atoms. The Morgan fingerprint density at radius 1 is 1.05 bits per heavy atom. The van der Waals surface area contributed by atoms with Crippen LogP contribution in [0.15, 0.2) is 52.4 Å². The number of fused-ring (bicyclic) bond motifs is 1. The van der Waals surface area contributed by atoms with Crippen LogP contribution in [0.25, 0.3) is 11.0 Å². The zero-order chi connectivity index (χ0) is 26.7. The molecule has 12 heteroatoms. The fraction of sp³-hybridized carbons (Fsp3) is 0.320. The van der Waals surface area contributed by atoms with Gasteiger partial charge >= 0.3 is 11.7 Å². The second kappa shape index (κ2) is 10.6. The summed E-state index contributed by atoms with van der Waals surface area (Å²) in [5.41, 5.74) is 8.38. The zero-order valence-corrected chi connectivity index (χ0v) is 20.3. The molecule has 0 aliphatic carbocycles. The third-order valence-electron chi connectivity index (χ3n) is 6.70. The Bertz CT molecular complexity index is 1430. The van der Waals surface area contributed by atoms with E-state index in [1.165, 1.54) is 4.57 Å². The van der Waals surface area contributed by atoms with Gasteiger partial charge in [0.25, 0.3) is 5.91 Å². The summed E-state index contributed by atoms with van der Waals surface area (Å²) in [4.78, 5) is 50.4. The molecule has 4 rings (SSSR count). The summed E-state index contributed by atoms with van der Waals surface area (Å²) in [6.07, 6.45) is 0.810. The van der Waals surface area contributed by atoms with Gasteiger partial charge in [-0.2, -0.15) is 0 Å². The van der Waals surface area contributed by atoms with E-state index in [4.69, 9.17) is 16.0 Å². The average Bonchev–Trinajstić information content (AvgIpc) is 3.15. The maximum Gasteiger partial charge on any atom is 0.329 e. The molecular weight excluding hydrogens is 480 g/mol. The quantitative estimate of drug-likeness (QED) is 0.156. The number of aromatic nitrogens is 2. The van der Waals surface area contributed by atoms with Crippen molar-refractivity contribution in [2.75, 3.05) is 19.6 Å². The van der Waals surface area contributed by atoms with E-state index < -0.39 is 17.8 Å². The molecule has 1 aliphatic rings. The predicted octanol–water partition coefficient (Wildman–Crippen LogP) is 0.536. The van der Waals surface area contributed by atoms with Crippen molar-refractivity contribution in [2.24, 2.45) is 23.9 Å². The molecule has 1 aliphatic heterocycles. The number of carbonyl (C=O) groups is 3. The molecule has 0 unspecified atom stereocenters. The van der Waals surface area contributed by atoms with Crippen LogP contribution in [0, 0.1) is 5.92 Å². The minimum absolute atomic E-state index is 0.0552. The van der Waals surface area contributed by atoms with Crippen molar-refractivity contribution in [3.05, 3.63) is 69.6 Å². The van der Waals surface area contributed by atoms with E-state index in [9.17, 15) is 19.2 Å².